The van der Waals surface area contributed by atoms with Gasteiger partial charge in [-0.25, -0.2) is 0 Å². The van der Waals surface area contributed by atoms with E-state index in [1.165, 1.54) is 5.69 Å². The predicted octanol–water partition coefficient (Wildman–Crippen LogP) is 4.02. The lowest BCUT2D eigenvalue weighted by atomic mass is 10.2. The van der Waals surface area contributed by atoms with E-state index >= 15 is 0 Å². The molecule has 3 aromatic rings. The monoisotopic (exact) mass is 320 g/mol. The fraction of sp³-hybridized carbons (Fsp3) is 0.200. The first-order valence-corrected chi connectivity index (χ1v) is 8.11. The lowest BCUT2D eigenvalue weighted by Gasteiger charge is -2.24. The number of benzene rings is 2. The maximum Gasteiger partial charge on any atom is 0.158 e. The number of hydrogen-bond acceptors (Lipinski definition) is 3. The molecule has 0 amide bonds. The Morgan fingerprint density at radius 1 is 1.00 bits per heavy atom. The van der Waals surface area contributed by atoms with Crippen molar-refractivity contribution in [1.29, 1.82) is 0 Å². The van der Waals surface area contributed by atoms with Crippen LogP contribution in [0, 0.1) is 0 Å². The zero-order valence-corrected chi connectivity index (χ0v) is 13.6. The van der Waals surface area contributed by atoms with Gasteiger partial charge in [-0.1, -0.05) is 30.3 Å². The molecule has 0 spiro atoms. The van der Waals surface area contributed by atoms with E-state index in [0.717, 1.165) is 30.2 Å². The van der Waals surface area contributed by atoms with Crippen LogP contribution >= 0.6 is 0 Å². The maximum absolute atomic E-state index is 5.99. The second-order valence-electron chi connectivity index (χ2n) is 5.78. The van der Waals surface area contributed by atoms with Crippen LogP contribution in [0.3, 0.4) is 0 Å². The zero-order valence-electron chi connectivity index (χ0n) is 13.6. The Kier molecular flexibility index (Phi) is 3.97. The normalized spacial score (nSPS) is 17.2. The van der Waals surface area contributed by atoms with Crippen LogP contribution in [0.25, 0.3) is 5.69 Å². The number of para-hydroxylation sites is 3. The molecule has 0 aliphatic carbocycles. The number of hydrogen-bond donors (Lipinski definition) is 0. The second-order valence-corrected chi connectivity index (χ2v) is 5.78. The average Bonchev–Trinajstić information content (AvgIpc) is 3.31. The van der Waals surface area contributed by atoms with Gasteiger partial charge in [-0.3, -0.25) is 0 Å². The molecule has 1 saturated heterocycles. The maximum atomic E-state index is 5.99. The van der Waals surface area contributed by atoms with Crippen molar-refractivity contribution in [1.82, 2.24) is 4.57 Å². The lowest BCUT2D eigenvalue weighted by Crippen LogP contribution is -2.22. The quantitative estimate of drug-likeness (QED) is 0.726. The van der Waals surface area contributed by atoms with Gasteiger partial charge >= 0.3 is 0 Å². The van der Waals surface area contributed by atoms with Crippen LogP contribution < -0.4 is 9.64 Å². The van der Waals surface area contributed by atoms with Crippen molar-refractivity contribution in [3.63, 3.8) is 0 Å². The highest BCUT2D eigenvalue weighted by Crippen LogP contribution is 2.33. The summed E-state index contributed by atoms with van der Waals surface area (Å²) in [4.78, 5) is 2.29. The highest BCUT2D eigenvalue weighted by atomic mass is 16.5. The summed E-state index contributed by atoms with van der Waals surface area (Å²) in [5.41, 5.74) is 3.35. The molecule has 4 rings (SSSR count). The van der Waals surface area contributed by atoms with Gasteiger partial charge in [0.1, 0.15) is 5.75 Å². The number of nitrogens with zero attached hydrogens (tertiary/aromatic N) is 2. The molecule has 0 saturated carbocycles. The number of ether oxygens (including phenoxy) is 2. The molecule has 1 aliphatic rings. The van der Waals surface area contributed by atoms with Crippen LogP contribution in [0.1, 0.15) is 11.8 Å². The van der Waals surface area contributed by atoms with Crippen LogP contribution in [0.2, 0.25) is 0 Å². The molecule has 2 aromatic carbocycles. The molecular formula is C20H20N2O2. The highest BCUT2D eigenvalue weighted by molar-refractivity contribution is 5.50. The Labute approximate surface area is 141 Å². The van der Waals surface area contributed by atoms with Crippen LogP contribution in [0.4, 0.5) is 5.69 Å². The first-order chi connectivity index (χ1) is 11.9. The third kappa shape index (κ3) is 2.65. The zero-order chi connectivity index (χ0) is 16.4. The summed E-state index contributed by atoms with van der Waals surface area (Å²) in [6.07, 6.45) is 4.12. The standard InChI is InChI=1S/C20H20N2O2/c1-23-19-10-6-5-9-18(19)21-12-11-16(15-21)20-22(13-14-24-20)17-7-3-2-4-8-17/h2-12,15,20H,13-14H2,1H3/t20-/m1/s1. The van der Waals surface area contributed by atoms with Crippen molar-refractivity contribution < 1.29 is 9.47 Å². The average molecular weight is 320 g/mol. The first kappa shape index (κ1) is 14.8. The van der Waals surface area contributed by atoms with Crippen LogP contribution in [-0.2, 0) is 4.74 Å². The first-order valence-electron chi connectivity index (χ1n) is 8.11. The van der Waals surface area contributed by atoms with Crippen molar-refractivity contribution in [3.8, 4) is 11.4 Å². The van der Waals surface area contributed by atoms with Gasteiger partial charge < -0.3 is 18.9 Å². The van der Waals surface area contributed by atoms with Gasteiger partial charge in [0.15, 0.2) is 6.23 Å². The highest BCUT2D eigenvalue weighted by Gasteiger charge is 2.27. The molecule has 0 radical (unpaired) electrons. The van der Waals surface area contributed by atoms with Crippen molar-refractivity contribution in [2.75, 3.05) is 25.2 Å². The number of methoxy groups -OCH3 is 1. The second kappa shape index (κ2) is 6.42. The number of rotatable bonds is 4. The Hall–Kier alpha value is -2.72. The number of anilines is 1. The van der Waals surface area contributed by atoms with Gasteiger partial charge in [-0.15, -0.1) is 0 Å². The van der Waals surface area contributed by atoms with Crippen molar-refractivity contribution in [3.05, 3.63) is 78.6 Å². The fourth-order valence-corrected chi connectivity index (χ4v) is 3.18. The van der Waals surface area contributed by atoms with Gasteiger partial charge in [-0.05, 0) is 30.3 Å². The fourth-order valence-electron chi connectivity index (χ4n) is 3.18. The predicted molar refractivity (Wildman–Crippen MR) is 94.8 cm³/mol. The third-order valence-electron chi connectivity index (χ3n) is 4.34. The van der Waals surface area contributed by atoms with Gasteiger partial charge in [0.25, 0.3) is 0 Å². The molecule has 0 bridgehead atoms. The van der Waals surface area contributed by atoms with Gasteiger partial charge in [0, 0.05) is 30.2 Å². The molecule has 122 valence electrons. The van der Waals surface area contributed by atoms with E-state index in [0.29, 0.717) is 0 Å². The van der Waals surface area contributed by atoms with Crippen LogP contribution in [-0.4, -0.2) is 24.8 Å². The Morgan fingerprint density at radius 2 is 1.79 bits per heavy atom. The summed E-state index contributed by atoms with van der Waals surface area (Å²) in [5.74, 6) is 0.854. The van der Waals surface area contributed by atoms with Crippen molar-refractivity contribution >= 4 is 5.69 Å². The molecule has 4 heteroatoms. The SMILES string of the molecule is COc1ccccc1-n1ccc([C@H]2OCCN2c2ccccc2)c1. The van der Waals surface area contributed by atoms with E-state index in [2.05, 4.69) is 52.2 Å². The van der Waals surface area contributed by atoms with Crippen molar-refractivity contribution in [2.24, 2.45) is 0 Å². The summed E-state index contributed by atoms with van der Waals surface area (Å²) in [7, 11) is 1.69. The summed E-state index contributed by atoms with van der Waals surface area (Å²) in [5, 5.41) is 0. The van der Waals surface area contributed by atoms with E-state index in [-0.39, 0.29) is 6.23 Å². The summed E-state index contributed by atoms with van der Waals surface area (Å²) >= 11 is 0. The molecule has 1 aliphatic heterocycles. The molecule has 0 N–H and O–H groups in total. The van der Waals surface area contributed by atoms with E-state index in [1.54, 1.807) is 7.11 Å². The molecule has 1 aromatic heterocycles. The molecular weight excluding hydrogens is 300 g/mol. The molecule has 1 atom stereocenters. The van der Waals surface area contributed by atoms with Crippen molar-refractivity contribution in [2.45, 2.75) is 6.23 Å². The topological polar surface area (TPSA) is 26.6 Å². The number of aromatic nitrogens is 1. The minimum absolute atomic E-state index is 0.0524. The Morgan fingerprint density at radius 3 is 2.62 bits per heavy atom. The van der Waals surface area contributed by atoms with E-state index in [1.807, 2.05) is 30.3 Å². The summed E-state index contributed by atoms with van der Waals surface area (Å²) in [6, 6.07) is 20.5. The molecule has 4 nitrogen and oxygen atoms in total. The van der Waals surface area contributed by atoms with E-state index < -0.39 is 0 Å². The third-order valence-corrected chi connectivity index (χ3v) is 4.34. The Balaban J connectivity index is 1.65. The smallest absolute Gasteiger partial charge is 0.158 e. The Bertz CT molecular complexity index is 813. The van der Waals surface area contributed by atoms with Gasteiger partial charge in [-0.2, -0.15) is 0 Å². The molecule has 24 heavy (non-hydrogen) atoms. The summed E-state index contributed by atoms with van der Waals surface area (Å²) in [6.45, 7) is 1.63. The summed E-state index contributed by atoms with van der Waals surface area (Å²) < 4.78 is 13.5. The van der Waals surface area contributed by atoms with Crippen LogP contribution in [0.15, 0.2) is 73.1 Å². The minimum atomic E-state index is -0.0524. The van der Waals surface area contributed by atoms with Gasteiger partial charge in [0.2, 0.25) is 0 Å². The lowest BCUT2D eigenvalue weighted by molar-refractivity contribution is 0.114. The minimum Gasteiger partial charge on any atom is -0.495 e. The molecule has 1 fully saturated rings. The van der Waals surface area contributed by atoms with E-state index in [4.69, 9.17) is 9.47 Å². The molecule has 0 unspecified atom stereocenters. The van der Waals surface area contributed by atoms with Crippen LogP contribution in [0.5, 0.6) is 5.75 Å². The van der Waals surface area contributed by atoms with E-state index in [9.17, 15) is 0 Å². The molecule has 2 heterocycles. The largest absolute Gasteiger partial charge is 0.495 e. The van der Waals surface area contributed by atoms with Gasteiger partial charge in [0.05, 0.1) is 19.4 Å².